The van der Waals surface area contributed by atoms with E-state index in [0.29, 0.717) is 38.3 Å². The summed E-state index contributed by atoms with van der Waals surface area (Å²) in [6, 6.07) is 3.11. The fourth-order valence-electron chi connectivity index (χ4n) is 3.25. The van der Waals surface area contributed by atoms with Crippen LogP contribution in [0.2, 0.25) is 0 Å². The molecule has 146 valence electrons. The number of carbonyl (C=O) groups is 2. The van der Waals surface area contributed by atoms with Gasteiger partial charge in [-0.3, -0.25) is 14.9 Å². The van der Waals surface area contributed by atoms with E-state index in [4.69, 9.17) is 4.84 Å². The molecular formula is C18H24N4O5. The monoisotopic (exact) mass is 376 g/mol. The first-order valence-corrected chi connectivity index (χ1v) is 8.87. The van der Waals surface area contributed by atoms with Crippen molar-refractivity contribution >= 4 is 23.3 Å². The van der Waals surface area contributed by atoms with Gasteiger partial charge in [0.1, 0.15) is 5.56 Å². The smallest absolute Gasteiger partial charge is 0.330 e. The lowest BCUT2D eigenvalue weighted by Crippen LogP contribution is -2.48. The van der Waals surface area contributed by atoms with Crippen LogP contribution < -0.4 is 4.90 Å². The number of hydrogen-bond donors (Lipinski definition) is 0. The maximum atomic E-state index is 12.4. The topological polar surface area (TPSA) is 96.2 Å². The van der Waals surface area contributed by atoms with Crippen molar-refractivity contribution in [3.05, 3.63) is 33.4 Å². The Balaban J connectivity index is 1.77. The van der Waals surface area contributed by atoms with Gasteiger partial charge >= 0.3 is 5.97 Å². The summed E-state index contributed by atoms with van der Waals surface area (Å²) in [6.45, 7) is 8.01. The number of nitro benzene ring substituents is 1. The predicted octanol–water partition coefficient (Wildman–Crippen LogP) is 1.81. The number of anilines is 1. The van der Waals surface area contributed by atoms with Crippen LogP contribution in [0.25, 0.3) is 0 Å². The molecule has 1 saturated heterocycles. The van der Waals surface area contributed by atoms with Gasteiger partial charge in [-0.25, -0.2) is 4.79 Å². The molecule has 0 spiro atoms. The molecule has 2 aliphatic heterocycles. The highest BCUT2D eigenvalue weighted by Crippen LogP contribution is 2.37. The summed E-state index contributed by atoms with van der Waals surface area (Å²) in [4.78, 5) is 44.2. The first-order chi connectivity index (χ1) is 12.6. The fourth-order valence-corrected chi connectivity index (χ4v) is 3.25. The Morgan fingerprint density at radius 1 is 1.19 bits per heavy atom. The largest absolute Gasteiger partial charge is 0.368 e. The van der Waals surface area contributed by atoms with Gasteiger partial charge in [0.05, 0.1) is 23.4 Å². The SMILES string of the molecule is CN1Cc2c(N3CCN(OC(=O)C(C)(C)C)CC3)ccc([N+](=O)[O-])c2C1=O. The lowest BCUT2D eigenvalue weighted by Gasteiger charge is -2.36. The Bertz CT molecular complexity index is 794. The number of nitrogens with zero attached hydrogens (tertiary/aromatic N) is 4. The zero-order chi connectivity index (χ0) is 19.9. The van der Waals surface area contributed by atoms with Crippen LogP contribution in [-0.2, 0) is 16.2 Å². The molecule has 0 unspecified atom stereocenters. The third-order valence-corrected chi connectivity index (χ3v) is 4.82. The number of piperazine rings is 1. The number of amides is 1. The highest BCUT2D eigenvalue weighted by atomic mass is 16.7. The molecule has 3 rings (SSSR count). The van der Waals surface area contributed by atoms with Crippen LogP contribution in [0.1, 0.15) is 36.7 Å². The van der Waals surface area contributed by atoms with Gasteiger partial charge in [-0.2, -0.15) is 0 Å². The summed E-state index contributed by atoms with van der Waals surface area (Å²) in [6.07, 6.45) is 0. The van der Waals surface area contributed by atoms with E-state index in [1.807, 2.05) is 0 Å². The Kier molecular flexibility index (Phi) is 4.81. The summed E-state index contributed by atoms with van der Waals surface area (Å²) in [5.41, 5.74) is 0.982. The van der Waals surface area contributed by atoms with Crippen molar-refractivity contribution in [2.45, 2.75) is 27.3 Å². The Labute approximate surface area is 157 Å². The molecule has 0 bridgehead atoms. The minimum atomic E-state index is -0.568. The van der Waals surface area contributed by atoms with E-state index in [-0.39, 0.29) is 23.1 Å². The van der Waals surface area contributed by atoms with Gasteiger partial charge < -0.3 is 14.6 Å². The van der Waals surface area contributed by atoms with E-state index in [2.05, 4.69) is 4.90 Å². The van der Waals surface area contributed by atoms with Gasteiger partial charge in [0, 0.05) is 44.0 Å². The zero-order valence-electron chi connectivity index (χ0n) is 16.0. The molecule has 0 atom stereocenters. The van der Waals surface area contributed by atoms with Crippen LogP contribution in [0.15, 0.2) is 12.1 Å². The van der Waals surface area contributed by atoms with Gasteiger partial charge in [0.25, 0.3) is 11.6 Å². The van der Waals surface area contributed by atoms with Crippen LogP contribution in [0, 0.1) is 15.5 Å². The number of hydroxylamine groups is 2. The molecular weight excluding hydrogens is 352 g/mol. The molecule has 1 fully saturated rings. The van der Waals surface area contributed by atoms with Crippen LogP contribution in [-0.4, -0.2) is 60.0 Å². The second kappa shape index (κ2) is 6.80. The first kappa shape index (κ1) is 19.1. The molecule has 1 amide bonds. The first-order valence-electron chi connectivity index (χ1n) is 8.87. The highest BCUT2D eigenvalue weighted by molar-refractivity contribution is 6.03. The molecule has 0 aromatic heterocycles. The Morgan fingerprint density at radius 2 is 1.81 bits per heavy atom. The minimum absolute atomic E-state index is 0.152. The average Bonchev–Trinajstić information content (AvgIpc) is 2.89. The maximum absolute atomic E-state index is 12.4. The molecule has 0 radical (unpaired) electrons. The van der Waals surface area contributed by atoms with E-state index in [1.165, 1.54) is 11.0 Å². The number of benzene rings is 1. The lowest BCUT2D eigenvalue weighted by molar-refractivity contribution is -0.385. The van der Waals surface area contributed by atoms with Crippen molar-refractivity contribution in [2.75, 3.05) is 38.1 Å². The summed E-state index contributed by atoms with van der Waals surface area (Å²) in [7, 11) is 1.64. The number of hydrogen-bond acceptors (Lipinski definition) is 7. The van der Waals surface area contributed by atoms with Gasteiger partial charge in [0.15, 0.2) is 0 Å². The summed E-state index contributed by atoms with van der Waals surface area (Å²) < 4.78 is 0. The molecule has 0 N–H and O–H groups in total. The van der Waals surface area contributed by atoms with E-state index in [9.17, 15) is 19.7 Å². The highest BCUT2D eigenvalue weighted by Gasteiger charge is 2.36. The molecule has 1 aromatic rings. The molecule has 1 aromatic carbocycles. The van der Waals surface area contributed by atoms with Crippen LogP contribution in [0.3, 0.4) is 0 Å². The molecule has 0 aliphatic carbocycles. The van der Waals surface area contributed by atoms with Gasteiger partial charge in [-0.05, 0) is 26.8 Å². The second-order valence-corrected chi connectivity index (χ2v) is 7.92. The van der Waals surface area contributed by atoms with Gasteiger partial charge in [0.2, 0.25) is 0 Å². The van der Waals surface area contributed by atoms with Crippen molar-refractivity contribution in [3.63, 3.8) is 0 Å². The molecule has 2 aliphatic rings. The molecule has 2 heterocycles. The Morgan fingerprint density at radius 3 is 2.37 bits per heavy atom. The average molecular weight is 376 g/mol. The summed E-state index contributed by atoms with van der Waals surface area (Å²) in [5.74, 6) is -0.601. The van der Waals surface area contributed by atoms with Gasteiger partial charge in [-0.15, -0.1) is 5.06 Å². The molecule has 9 heteroatoms. The lowest BCUT2D eigenvalue weighted by atomic mass is 9.98. The van der Waals surface area contributed by atoms with E-state index in [0.717, 1.165) is 5.69 Å². The maximum Gasteiger partial charge on any atom is 0.330 e. The van der Waals surface area contributed by atoms with E-state index < -0.39 is 10.3 Å². The normalized spacial score (nSPS) is 17.9. The third-order valence-electron chi connectivity index (χ3n) is 4.82. The van der Waals surface area contributed by atoms with Crippen molar-refractivity contribution < 1.29 is 19.3 Å². The van der Waals surface area contributed by atoms with Crippen molar-refractivity contribution in [1.29, 1.82) is 0 Å². The molecule has 27 heavy (non-hydrogen) atoms. The zero-order valence-corrected chi connectivity index (χ0v) is 16.0. The van der Waals surface area contributed by atoms with Crippen molar-refractivity contribution in [1.82, 2.24) is 9.96 Å². The van der Waals surface area contributed by atoms with Gasteiger partial charge in [-0.1, -0.05) is 0 Å². The van der Waals surface area contributed by atoms with Crippen molar-refractivity contribution in [2.24, 2.45) is 5.41 Å². The number of nitro groups is 1. The van der Waals surface area contributed by atoms with Crippen LogP contribution in [0.4, 0.5) is 11.4 Å². The predicted molar refractivity (Wildman–Crippen MR) is 98.2 cm³/mol. The second-order valence-electron chi connectivity index (χ2n) is 7.92. The van der Waals surface area contributed by atoms with E-state index in [1.54, 1.807) is 38.9 Å². The molecule has 0 saturated carbocycles. The minimum Gasteiger partial charge on any atom is -0.368 e. The number of rotatable bonds is 3. The number of carbonyl (C=O) groups excluding carboxylic acids is 2. The Hall–Kier alpha value is -2.68. The van der Waals surface area contributed by atoms with E-state index >= 15 is 0 Å². The van der Waals surface area contributed by atoms with Crippen LogP contribution >= 0.6 is 0 Å². The summed E-state index contributed by atoms with van der Waals surface area (Å²) in [5, 5.41) is 12.9. The molecule has 9 nitrogen and oxygen atoms in total. The summed E-state index contributed by atoms with van der Waals surface area (Å²) >= 11 is 0. The fraction of sp³-hybridized carbons (Fsp3) is 0.556. The van der Waals surface area contributed by atoms with Crippen molar-refractivity contribution in [3.8, 4) is 0 Å². The number of fused-ring (bicyclic) bond motifs is 1. The third kappa shape index (κ3) is 3.59. The van der Waals surface area contributed by atoms with Crippen LogP contribution in [0.5, 0.6) is 0 Å². The quantitative estimate of drug-likeness (QED) is 0.586. The standard InChI is InChI=1S/C18H24N4O5/c1-18(2,3)17(24)27-21-9-7-20(8-10-21)13-5-6-14(22(25)26)15-12(13)11-19(4)16(15)23/h5-6H,7-11H2,1-4H3.